The van der Waals surface area contributed by atoms with Crippen LogP contribution in [-0.2, 0) is 0 Å². The maximum absolute atomic E-state index is 5.92. The molecule has 0 aliphatic carbocycles. The Balaban J connectivity index is 1.89. The van der Waals surface area contributed by atoms with E-state index in [1.165, 1.54) is 5.56 Å². The van der Waals surface area contributed by atoms with E-state index in [-0.39, 0.29) is 0 Å². The fourth-order valence-electron chi connectivity index (χ4n) is 1.80. The first kappa shape index (κ1) is 10.9. The molecule has 15 heavy (non-hydrogen) atoms. The van der Waals surface area contributed by atoms with Crippen LogP contribution in [0.25, 0.3) is 0 Å². The molecule has 1 aliphatic heterocycles. The molecule has 0 saturated carbocycles. The molecule has 1 heterocycles. The van der Waals surface area contributed by atoms with Crippen molar-refractivity contribution in [2.75, 3.05) is 13.1 Å². The monoisotopic (exact) mass is 223 g/mol. The largest absolute Gasteiger partial charge is 0.490 e. The lowest BCUT2D eigenvalue weighted by Gasteiger charge is -2.29. The standard InChI is InChI=1S/C12H18NOP/c1-10-2-4-11(5-3-10)14-12-6-8-13(15)9-7-12/h2-5,12H,6-9,15H2,1H3. The van der Waals surface area contributed by atoms with Gasteiger partial charge in [0.2, 0.25) is 0 Å². The summed E-state index contributed by atoms with van der Waals surface area (Å²) in [6.45, 7) is 4.32. The second-order valence-electron chi connectivity index (χ2n) is 4.17. The first-order valence-corrected chi connectivity index (χ1v) is 5.98. The minimum Gasteiger partial charge on any atom is -0.490 e. The molecule has 0 bridgehead atoms. The maximum Gasteiger partial charge on any atom is 0.119 e. The zero-order valence-corrected chi connectivity index (χ0v) is 10.3. The Bertz CT molecular complexity index is 304. The number of ether oxygens (including phenoxy) is 1. The average Bonchev–Trinajstić information content (AvgIpc) is 2.25. The minimum absolute atomic E-state index is 0.393. The molecule has 2 nitrogen and oxygen atoms in total. The van der Waals surface area contributed by atoms with Crippen LogP contribution in [0.1, 0.15) is 18.4 Å². The Hall–Kier alpha value is -0.590. The van der Waals surface area contributed by atoms with Gasteiger partial charge in [-0.05, 0) is 31.9 Å². The number of aryl methyl sites for hydroxylation is 1. The van der Waals surface area contributed by atoms with Crippen LogP contribution in [0.15, 0.2) is 24.3 Å². The van der Waals surface area contributed by atoms with Gasteiger partial charge in [-0.1, -0.05) is 27.1 Å². The molecule has 3 heteroatoms. The van der Waals surface area contributed by atoms with E-state index < -0.39 is 0 Å². The lowest BCUT2D eigenvalue weighted by molar-refractivity contribution is 0.138. The minimum atomic E-state index is 0.393. The summed E-state index contributed by atoms with van der Waals surface area (Å²) in [5, 5.41) is 0. The molecule has 1 atom stereocenters. The molecule has 0 N–H and O–H groups in total. The SMILES string of the molecule is Cc1ccc(OC2CCN(P)CC2)cc1. The lowest BCUT2D eigenvalue weighted by atomic mass is 10.1. The molecule has 1 saturated heterocycles. The summed E-state index contributed by atoms with van der Waals surface area (Å²) < 4.78 is 8.20. The van der Waals surface area contributed by atoms with E-state index in [2.05, 4.69) is 45.3 Å². The summed E-state index contributed by atoms with van der Waals surface area (Å²) >= 11 is 0. The third kappa shape index (κ3) is 3.19. The molecule has 1 aromatic rings. The lowest BCUT2D eigenvalue weighted by Crippen LogP contribution is -2.32. The zero-order valence-electron chi connectivity index (χ0n) is 9.15. The van der Waals surface area contributed by atoms with Crippen LogP contribution in [0.2, 0.25) is 0 Å². The molecular formula is C12H18NOP. The van der Waals surface area contributed by atoms with E-state index in [9.17, 15) is 0 Å². The van der Waals surface area contributed by atoms with Gasteiger partial charge < -0.3 is 4.74 Å². The van der Waals surface area contributed by atoms with Crippen LogP contribution in [0.4, 0.5) is 0 Å². The summed E-state index contributed by atoms with van der Waals surface area (Å²) in [4.78, 5) is 0. The highest BCUT2D eigenvalue weighted by Gasteiger charge is 2.17. The van der Waals surface area contributed by atoms with Crippen molar-refractivity contribution in [2.45, 2.75) is 25.9 Å². The van der Waals surface area contributed by atoms with Gasteiger partial charge >= 0.3 is 0 Å². The third-order valence-corrected chi connectivity index (χ3v) is 3.32. The van der Waals surface area contributed by atoms with Gasteiger partial charge in [0.05, 0.1) is 0 Å². The second kappa shape index (κ2) is 4.96. The van der Waals surface area contributed by atoms with E-state index >= 15 is 0 Å². The molecule has 1 unspecified atom stereocenters. The van der Waals surface area contributed by atoms with Crippen molar-refractivity contribution in [1.82, 2.24) is 4.67 Å². The van der Waals surface area contributed by atoms with Gasteiger partial charge in [0.15, 0.2) is 0 Å². The summed E-state index contributed by atoms with van der Waals surface area (Å²) in [6, 6.07) is 8.31. The number of nitrogens with zero attached hydrogens (tertiary/aromatic N) is 1. The summed E-state index contributed by atoms with van der Waals surface area (Å²) in [7, 11) is 2.76. The molecule has 1 aromatic carbocycles. The highest BCUT2D eigenvalue weighted by Crippen LogP contribution is 2.20. The van der Waals surface area contributed by atoms with Crippen molar-refractivity contribution in [3.63, 3.8) is 0 Å². The second-order valence-corrected chi connectivity index (χ2v) is 4.90. The molecule has 0 amide bonds. The number of rotatable bonds is 2. The normalized spacial score (nSPS) is 19.1. The summed E-state index contributed by atoms with van der Waals surface area (Å²) in [6.07, 6.45) is 2.64. The van der Waals surface area contributed by atoms with Gasteiger partial charge in [-0.2, -0.15) is 0 Å². The summed E-state index contributed by atoms with van der Waals surface area (Å²) in [5.74, 6) is 1.00. The molecule has 0 spiro atoms. The van der Waals surface area contributed by atoms with Gasteiger partial charge in [0, 0.05) is 13.1 Å². The molecule has 1 aliphatic rings. The van der Waals surface area contributed by atoms with Gasteiger partial charge in [-0.25, -0.2) is 0 Å². The Morgan fingerprint density at radius 2 is 1.80 bits per heavy atom. The molecular weight excluding hydrogens is 205 g/mol. The van der Waals surface area contributed by atoms with Crippen molar-refractivity contribution < 1.29 is 4.74 Å². The third-order valence-electron chi connectivity index (χ3n) is 2.80. The maximum atomic E-state index is 5.92. The van der Waals surface area contributed by atoms with Crippen molar-refractivity contribution in [1.29, 1.82) is 0 Å². The van der Waals surface area contributed by atoms with Crippen LogP contribution in [0.3, 0.4) is 0 Å². The first-order valence-electron chi connectivity index (χ1n) is 5.47. The molecule has 0 aromatic heterocycles. The van der Waals surface area contributed by atoms with E-state index in [4.69, 9.17) is 4.74 Å². The van der Waals surface area contributed by atoms with E-state index in [1.807, 2.05) is 0 Å². The number of piperidine rings is 1. The smallest absolute Gasteiger partial charge is 0.119 e. The molecule has 2 rings (SSSR count). The van der Waals surface area contributed by atoms with E-state index in [0.717, 1.165) is 31.7 Å². The van der Waals surface area contributed by atoms with Gasteiger partial charge in [0.1, 0.15) is 11.9 Å². The highest BCUT2D eigenvalue weighted by molar-refractivity contribution is 7.13. The fourth-order valence-corrected chi connectivity index (χ4v) is 2.10. The predicted molar refractivity (Wildman–Crippen MR) is 66.1 cm³/mol. The average molecular weight is 223 g/mol. The van der Waals surface area contributed by atoms with Crippen LogP contribution >= 0.6 is 9.39 Å². The zero-order chi connectivity index (χ0) is 10.7. The Morgan fingerprint density at radius 1 is 1.20 bits per heavy atom. The van der Waals surface area contributed by atoms with Crippen molar-refractivity contribution in [3.8, 4) is 5.75 Å². The van der Waals surface area contributed by atoms with E-state index in [1.54, 1.807) is 0 Å². The topological polar surface area (TPSA) is 12.5 Å². The van der Waals surface area contributed by atoms with Gasteiger partial charge in [-0.15, -0.1) is 0 Å². The number of benzene rings is 1. The van der Waals surface area contributed by atoms with Crippen molar-refractivity contribution in [2.24, 2.45) is 0 Å². The molecule has 1 fully saturated rings. The van der Waals surface area contributed by atoms with Crippen LogP contribution < -0.4 is 4.74 Å². The number of hydrogen-bond donors (Lipinski definition) is 0. The fraction of sp³-hybridized carbons (Fsp3) is 0.500. The Labute approximate surface area is 93.9 Å². The highest BCUT2D eigenvalue weighted by atomic mass is 31.0. The summed E-state index contributed by atoms with van der Waals surface area (Å²) in [5.41, 5.74) is 1.28. The Kier molecular flexibility index (Phi) is 3.61. The van der Waals surface area contributed by atoms with E-state index in [0.29, 0.717) is 6.10 Å². The van der Waals surface area contributed by atoms with Crippen LogP contribution in [-0.4, -0.2) is 23.9 Å². The number of hydrogen-bond acceptors (Lipinski definition) is 2. The van der Waals surface area contributed by atoms with Crippen LogP contribution in [0.5, 0.6) is 5.75 Å². The molecule has 0 radical (unpaired) electrons. The van der Waals surface area contributed by atoms with Crippen molar-refractivity contribution >= 4 is 9.39 Å². The van der Waals surface area contributed by atoms with Crippen molar-refractivity contribution in [3.05, 3.63) is 29.8 Å². The van der Waals surface area contributed by atoms with Crippen LogP contribution in [0, 0.1) is 6.92 Å². The first-order chi connectivity index (χ1) is 7.24. The van der Waals surface area contributed by atoms with Gasteiger partial charge in [-0.3, -0.25) is 4.67 Å². The predicted octanol–water partition coefficient (Wildman–Crippen LogP) is 2.63. The quantitative estimate of drug-likeness (QED) is 0.715. The van der Waals surface area contributed by atoms with Gasteiger partial charge in [0.25, 0.3) is 0 Å². The Morgan fingerprint density at radius 3 is 2.40 bits per heavy atom. The molecule has 82 valence electrons.